The SMILES string of the molecule is Cc1cccc2nc(N)n(CCCN3CCCCC3C)c12. The van der Waals surface area contributed by atoms with Crippen LogP contribution in [0.1, 0.15) is 38.2 Å². The van der Waals surface area contributed by atoms with Crippen LogP contribution in [0.15, 0.2) is 18.2 Å². The Kier molecular flexibility index (Phi) is 4.15. The van der Waals surface area contributed by atoms with E-state index in [4.69, 9.17) is 5.73 Å². The number of aryl methyl sites for hydroxylation is 2. The molecule has 4 nitrogen and oxygen atoms in total. The number of benzene rings is 1. The Morgan fingerprint density at radius 3 is 2.95 bits per heavy atom. The van der Waals surface area contributed by atoms with Gasteiger partial charge in [-0.15, -0.1) is 0 Å². The number of piperidine rings is 1. The number of para-hydroxylation sites is 1. The van der Waals surface area contributed by atoms with Crippen molar-refractivity contribution in [3.8, 4) is 0 Å². The third-order valence-corrected chi connectivity index (χ3v) is 4.77. The summed E-state index contributed by atoms with van der Waals surface area (Å²) in [6.07, 6.45) is 5.21. The van der Waals surface area contributed by atoms with Crippen LogP contribution in [0.2, 0.25) is 0 Å². The van der Waals surface area contributed by atoms with E-state index in [-0.39, 0.29) is 0 Å². The van der Waals surface area contributed by atoms with E-state index in [1.54, 1.807) is 0 Å². The number of likely N-dealkylation sites (tertiary alicyclic amines) is 1. The molecule has 0 aliphatic carbocycles. The van der Waals surface area contributed by atoms with E-state index in [0.717, 1.165) is 31.1 Å². The number of nitrogens with two attached hydrogens (primary N) is 1. The number of hydrogen-bond donors (Lipinski definition) is 1. The van der Waals surface area contributed by atoms with Gasteiger partial charge in [0.05, 0.1) is 11.0 Å². The van der Waals surface area contributed by atoms with Gasteiger partial charge in [0.15, 0.2) is 0 Å². The fourth-order valence-corrected chi connectivity index (χ4v) is 3.53. The summed E-state index contributed by atoms with van der Waals surface area (Å²) in [7, 11) is 0. The molecule has 0 spiro atoms. The molecule has 1 aliphatic heterocycles. The number of fused-ring (bicyclic) bond motifs is 1. The van der Waals surface area contributed by atoms with Crippen molar-refractivity contribution in [3.63, 3.8) is 0 Å². The second-order valence-corrected chi connectivity index (χ2v) is 6.30. The van der Waals surface area contributed by atoms with Gasteiger partial charge in [-0.25, -0.2) is 4.98 Å². The summed E-state index contributed by atoms with van der Waals surface area (Å²) in [6, 6.07) is 6.95. The van der Waals surface area contributed by atoms with Gasteiger partial charge in [-0.05, 0) is 51.3 Å². The topological polar surface area (TPSA) is 47.1 Å². The van der Waals surface area contributed by atoms with E-state index in [1.165, 1.54) is 36.9 Å². The molecule has 4 heteroatoms. The first-order valence-corrected chi connectivity index (χ1v) is 8.12. The molecular weight excluding hydrogens is 260 g/mol. The van der Waals surface area contributed by atoms with Crippen LogP contribution >= 0.6 is 0 Å². The minimum atomic E-state index is 0.644. The van der Waals surface area contributed by atoms with E-state index >= 15 is 0 Å². The molecule has 21 heavy (non-hydrogen) atoms. The normalized spacial score (nSPS) is 20.2. The molecule has 1 aromatic heterocycles. The first kappa shape index (κ1) is 14.4. The van der Waals surface area contributed by atoms with Crippen molar-refractivity contribution in [1.29, 1.82) is 0 Å². The van der Waals surface area contributed by atoms with Gasteiger partial charge in [0.1, 0.15) is 0 Å². The van der Waals surface area contributed by atoms with Crippen molar-refractivity contribution in [2.75, 3.05) is 18.8 Å². The zero-order valence-corrected chi connectivity index (χ0v) is 13.2. The lowest BCUT2D eigenvalue weighted by Gasteiger charge is -2.33. The number of anilines is 1. The van der Waals surface area contributed by atoms with E-state index < -0.39 is 0 Å². The highest BCUT2D eigenvalue weighted by Gasteiger charge is 2.17. The molecule has 2 heterocycles. The maximum Gasteiger partial charge on any atom is 0.201 e. The van der Waals surface area contributed by atoms with Gasteiger partial charge < -0.3 is 15.2 Å². The molecule has 1 unspecified atom stereocenters. The maximum absolute atomic E-state index is 6.11. The maximum atomic E-state index is 6.11. The van der Waals surface area contributed by atoms with Crippen LogP contribution in [0, 0.1) is 6.92 Å². The molecule has 1 aliphatic rings. The molecule has 0 bridgehead atoms. The van der Waals surface area contributed by atoms with Crippen LogP contribution < -0.4 is 5.73 Å². The lowest BCUT2D eigenvalue weighted by molar-refractivity contribution is 0.157. The molecule has 2 N–H and O–H groups in total. The number of nitrogen functional groups attached to an aromatic ring is 1. The van der Waals surface area contributed by atoms with Crippen LogP contribution in [0.25, 0.3) is 11.0 Å². The van der Waals surface area contributed by atoms with Crippen LogP contribution in [0.4, 0.5) is 5.95 Å². The molecule has 1 fully saturated rings. The summed E-state index contributed by atoms with van der Waals surface area (Å²) in [5, 5.41) is 0. The molecule has 0 amide bonds. The van der Waals surface area contributed by atoms with Crippen molar-refractivity contribution in [2.45, 2.75) is 52.1 Å². The van der Waals surface area contributed by atoms with Crippen LogP contribution in [-0.4, -0.2) is 33.6 Å². The highest BCUT2D eigenvalue weighted by Crippen LogP contribution is 2.22. The Hall–Kier alpha value is -1.55. The molecule has 1 aromatic carbocycles. The zero-order chi connectivity index (χ0) is 14.8. The minimum Gasteiger partial charge on any atom is -0.369 e. The van der Waals surface area contributed by atoms with Gasteiger partial charge in [0.25, 0.3) is 0 Å². The summed E-state index contributed by atoms with van der Waals surface area (Å²) in [6.45, 7) is 7.85. The number of imidazole rings is 1. The zero-order valence-electron chi connectivity index (χ0n) is 13.2. The van der Waals surface area contributed by atoms with Gasteiger partial charge in [-0.2, -0.15) is 0 Å². The third kappa shape index (κ3) is 2.91. The standard InChI is InChI=1S/C17H26N4/c1-13-7-5-9-15-16(13)21(17(18)19-15)12-6-11-20-10-4-3-8-14(20)2/h5,7,9,14H,3-4,6,8,10-12H2,1-2H3,(H2,18,19). The molecule has 0 radical (unpaired) electrons. The lowest BCUT2D eigenvalue weighted by Crippen LogP contribution is -2.38. The Bertz CT molecular complexity index is 617. The molecule has 1 atom stereocenters. The van der Waals surface area contributed by atoms with E-state index in [1.807, 2.05) is 12.1 Å². The lowest BCUT2D eigenvalue weighted by atomic mass is 10.0. The Labute approximate surface area is 126 Å². The van der Waals surface area contributed by atoms with Crippen LogP contribution in [-0.2, 0) is 6.54 Å². The van der Waals surface area contributed by atoms with Crippen LogP contribution in [0.5, 0.6) is 0 Å². The number of hydrogen-bond acceptors (Lipinski definition) is 3. The number of nitrogens with zero attached hydrogens (tertiary/aromatic N) is 3. The van der Waals surface area contributed by atoms with E-state index in [2.05, 4.69) is 34.4 Å². The molecule has 114 valence electrons. The highest BCUT2D eigenvalue weighted by molar-refractivity contribution is 5.81. The molecule has 1 saturated heterocycles. The van der Waals surface area contributed by atoms with Crippen LogP contribution in [0.3, 0.4) is 0 Å². The molecule has 3 rings (SSSR count). The minimum absolute atomic E-state index is 0.644. The average Bonchev–Trinajstić information content (AvgIpc) is 2.78. The van der Waals surface area contributed by atoms with Gasteiger partial charge in [0.2, 0.25) is 5.95 Å². The second-order valence-electron chi connectivity index (χ2n) is 6.30. The summed E-state index contributed by atoms with van der Waals surface area (Å²) >= 11 is 0. The largest absolute Gasteiger partial charge is 0.369 e. The predicted molar refractivity (Wildman–Crippen MR) is 88.4 cm³/mol. The summed E-state index contributed by atoms with van der Waals surface area (Å²) in [5.74, 6) is 0.644. The van der Waals surface area contributed by atoms with Crippen molar-refractivity contribution in [2.24, 2.45) is 0 Å². The van der Waals surface area contributed by atoms with Crippen molar-refractivity contribution in [1.82, 2.24) is 14.5 Å². The Balaban J connectivity index is 1.69. The van der Waals surface area contributed by atoms with Crippen molar-refractivity contribution >= 4 is 17.0 Å². The highest BCUT2D eigenvalue weighted by atomic mass is 15.2. The molecule has 0 saturated carbocycles. The first-order chi connectivity index (χ1) is 10.2. The van der Waals surface area contributed by atoms with Crippen molar-refractivity contribution in [3.05, 3.63) is 23.8 Å². The molecule has 2 aromatic rings. The Morgan fingerprint density at radius 2 is 2.14 bits per heavy atom. The Morgan fingerprint density at radius 1 is 1.29 bits per heavy atom. The van der Waals surface area contributed by atoms with Gasteiger partial charge in [-0.3, -0.25) is 0 Å². The van der Waals surface area contributed by atoms with Crippen molar-refractivity contribution < 1.29 is 0 Å². The van der Waals surface area contributed by atoms with Gasteiger partial charge in [0, 0.05) is 19.1 Å². The smallest absolute Gasteiger partial charge is 0.201 e. The quantitative estimate of drug-likeness (QED) is 0.939. The monoisotopic (exact) mass is 286 g/mol. The predicted octanol–water partition coefficient (Wildman–Crippen LogP) is 3.19. The summed E-state index contributed by atoms with van der Waals surface area (Å²) < 4.78 is 2.18. The average molecular weight is 286 g/mol. The summed E-state index contributed by atoms with van der Waals surface area (Å²) in [5.41, 5.74) is 9.57. The van der Waals surface area contributed by atoms with Gasteiger partial charge in [-0.1, -0.05) is 18.6 Å². The van der Waals surface area contributed by atoms with E-state index in [0.29, 0.717) is 5.95 Å². The van der Waals surface area contributed by atoms with Gasteiger partial charge >= 0.3 is 0 Å². The fourth-order valence-electron chi connectivity index (χ4n) is 3.53. The second kappa shape index (κ2) is 6.06. The third-order valence-electron chi connectivity index (χ3n) is 4.77. The molecular formula is C17H26N4. The van der Waals surface area contributed by atoms with E-state index in [9.17, 15) is 0 Å². The fraction of sp³-hybridized carbons (Fsp3) is 0.588. The summed E-state index contributed by atoms with van der Waals surface area (Å²) in [4.78, 5) is 7.10. The number of aromatic nitrogens is 2. The number of rotatable bonds is 4. The first-order valence-electron chi connectivity index (χ1n) is 8.12.